The van der Waals surface area contributed by atoms with Gasteiger partial charge in [0.25, 0.3) is 0 Å². The van der Waals surface area contributed by atoms with Crippen LogP contribution in [0.3, 0.4) is 0 Å². The molecular weight excluding hydrogens is 464 g/mol. The van der Waals surface area contributed by atoms with Crippen molar-refractivity contribution in [2.24, 2.45) is 0 Å². The van der Waals surface area contributed by atoms with Crippen LogP contribution in [0, 0.1) is 5.82 Å². The van der Waals surface area contributed by atoms with E-state index in [9.17, 15) is 14.0 Å². The quantitative estimate of drug-likeness (QED) is 0.422. The van der Waals surface area contributed by atoms with Gasteiger partial charge in [0.2, 0.25) is 0 Å². The fourth-order valence-electron chi connectivity index (χ4n) is 4.04. The molecule has 2 aliphatic rings. The Labute approximate surface area is 184 Å². The molecule has 0 spiro atoms. The SMILES string of the molecule is CC1(C)OC2=C(C(=O)C(=O)c3ccccc32)C1n1cc(C[Se]c2ccc(F)cc2)nn1. The van der Waals surface area contributed by atoms with Crippen molar-refractivity contribution in [3.05, 3.63) is 82.9 Å². The number of Topliss-reactive ketones (excluding diaryl/α,β-unsaturated/α-hetero) is 2. The first kappa shape index (κ1) is 19.8. The molecule has 1 aromatic heterocycles. The molecule has 6 nitrogen and oxygen atoms in total. The van der Waals surface area contributed by atoms with Gasteiger partial charge in [-0.15, -0.1) is 0 Å². The first-order chi connectivity index (χ1) is 14.8. The van der Waals surface area contributed by atoms with Gasteiger partial charge in [0, 0.05) is 0 Å². The molecule has 5 rings (SSSR count). The van der Waals surface area contributed by atoms with Crippen molar-refractivity contribution >= 4 is 36.7 Å². The zero-order valence-electron chi connectivity index (χ0n) is 16.8. The van der Waals surface area contributed by atoms with Crippen LogP contribution in [0.4, 0.5) is 4.39 Å². The van der Waals surface area contributed by atoms with E-state index in [4.69, 9.17) is 4.74 Å². The van der Waals surface area contributed by atoms with Crippen LogP contribution in [0.15, 0.2) is 60.3 Å². The normalized spacial score (nSPS) is 19.3. The number of carbonyl (C=O) groups excluding carboxylic acids is 2. The zero-order chi connectivity index (χ0) is 21.8. The molecule has 0 saturated heterocycles. The standard InChI is InChI=1S/C23H18FN3O3Se/c1-23(2)22(18-20(29)19(28)16-5-3-4-6-17(16)21(18)30-23)27-11-14(25-26-27)12-31-15-9-7-13(24)8-10-15/h3-11,22H,12H2,1-2H3. The number of hydrogen-bond acceptors (Lipinski definition) is 5. The second-order valence-electron chi connectivity index (χ2n) is 7.99. The minimum atomic E-state index is -0.787. The predicted molar refractivity (Wildman–Crippen MR) is 112 cm³/mol. The third-order valence-electron chi connectivity index (χ3n) is 5.43. The van der Waals surface area contributed by atoms with Gasteiger partial charge < -0.3 is 0 Å². The van der Waals surface area contributed by atoms with Crippen molar-refractivity contribution in [1.82, 2.24) is 15.0 Å². The van der Waals surface area contributed by atoms with Gasteiger partial charge in [0.1, 0.15) is 0 Å². The van der Waals surface area contributed by atoms with Crippen molar-refractivity contribution in [1.29, 1.82) is 0 Å². The first-order valence-corrected chi connectivity index (χ1v) is 11.8. The summed E-state index contributed by atoms with van der Waals surface area (Å²) < 4.78 is 22.0. The monoisotopic (exact) mass is 483 g/mol. The van der Waals surface area contributed by atoms with E-state index in [0.717, 1.165) is 10.2 Å². The maximum atomic E-state index is 13.1. The summed E-state index contributed by atoms with van der Waals surface area (Å²) in [5.41, 5.74) is 1.31. The van der Waals surface area contributed by atoms with Crippen molar-refractivity contribution < 1.29 is 18.7 Å². The van der Waals surface area contributed by atoms with Gasteiger partial charge in [-0.25, -0.2) is 0 Å². The number of halogens is 1. The van der Waals surface area contributed by atoms with Gasteiger partial charge >= 0.3 is 184 Å². The molecular formula is C23H18FN3O3Se. The molecule has 0 amide bonds. The molecule has 31 heavy (non-hydrogen) atoms. The number of ether oxygens (including phenoxy) is 1. The van der Waals surface area contributed by atoms with Gasteiger partial charge in [-0.2, -0.15) is 0 Å². The molecule has 0 saturated carbocycles. The summed E-state index contributed by atoms with van der Waals surface area (Å²) >= 11 is 0.0657. The van der Waals surface area contributed by atoms with E-state index in [1.807, 2.05) is 19.9 Å². The Kier molecular flexibility index (Phi) is 4.64. The molecule has 2 aromatic carbocycles. The minimum absolute atomic E-state index is 0.0657. The van der Waals surface area contributed by atoms with Gasteiger partial charge in [0.05, 0.1) is 0 Å². The van der Waals surface area contributed by atoms with Gasteiger partial charge in [0.15, 0.2) is 0 Å². The Morgan fingerprint density at radius 1 is 1.06 bits per heavy atom. The maximum absolute atomic E-state index is 13.1. The Morgan fingerprint density at radius 3 is 2.52 bits per heavy atom. The topological polar surface area (TPSA) is 74.1 Å². The third-order valence-corrected chi connectivity index (χ3v) is 7.63. The molecule has 1 aliphatic carbocycles. The molecule has 156 valence electrons. The van der Waals surface area contributed by atoms with Crippen molar-refractivity contribution in [2.45, 2.75) is 30.8 Å². The predicted octanol–water partition coefficient (Wildman–Crippen LogP) is 2.47. The molecule has 1 atom stereocenters. The second kappa shape index (κ2) is 7.25. The summed E-state index contributed by atoms with van der Waals surface area (Å²) in [4.78, 5) is 25.7. The van der Waals surface area contributed by atoms with E-state index >= 15 is 0 Å². The van der Waals surface area contributed by atoms with Crippen LogP contribution < -0.4 is 4.46 Å². The Bertz CT molecular complexity index is 1250. The van der Waals surface area contributed by atoms with E-state index in [1.54, 1.807) is 41.2 Å². The van der Waals surface area contributed by atoms with Crippen LogP contribution in [-0.4, -0.2) is 47.1 Å². The van der Waals surface area contributed by atoms with Crippen LogP contribution in [0.25, 0.3) is 5.76 Å². The molecule has 0 bridgehead atoms. The average Bonchev–Trinajstić information content (AvgIpc) is 3.32. The van der Waals surface area contributed by atoms with Gasteiger partial charge in [-0.3, -0.25) is 0 Å². The Morgan fingerprint density at radius 2 is 1.77 bits per heavy atom. The molecule has 0 radical (unpaired) electrons. The molecule has 3 aromatic rings. The van der Waals surface area contributed by atoms with Crippen LogP contribution in [-0.2, 0) is 14.9 Å². The first-order valence-electron chi connectivity index (χ1n) is 9.76. The van der Waals surface area contributed by atoms with E-state index in [0.29, 0.717) is 27.8 Å². The van der Waals surface area contributed by atoms with Crippen LogP contribution in [0.2, 0.25) is 0 Å². The number of rotatable bonds is 4. The number of aromatic nitrogens is 3. The molecule has 0 fully saturated rings. The number of ketones is 2. The molecule has 1 unspecified atom stereocenters. The number of fused-ring (bicyclic) bond motifs is 2. The van der Waals surface area contributed by atoms with E-state index in [1.165, 1.54) is 12.1 Å². The summed E-state index contributed by atoms with van der Waals surface area (Å²) in [7, 11) is 0. The summed E-state index contributed by atoms with van der Waals surface area (Å²) in [6.07, 6.45) is 1.80. The fraction of sp³-hybridized carbons (Fsp3) is 0.217. The van der Waals surface area contributed by atoms with E-state index in [2.05, 4.69) is 10.3 Å². The molecule has 2 heterocycles. The van der Waals surface area contributed by atoms with Crippen LogP contribution >= 0.6 is 0 Å². The van der Waals surface area contributed by atoms with Crippen molar-refractivity contribution in [2.75, 3.05) is 0 Å². The molecule has 8 heteroatoms. The van der Waals surface area contributed by atoms with E-state index < -0.39 is 23.2 Å². The number of hydrogen-bond donors (Lipinski definition) is 0. The number of carbonyl (C=O) groups is 2. The Hall–Kier alpha value is -3.09. The zero-order valence-corrected chi connectivity index (χ0v) is 18.5. The molecule has 1 aliphatic heterocycles. The van der Waals surface area contributed by atoms with Gasteiger partial charge in [-0.1, -0.05) is 0 Å². The number of nitrogens with zero attached hydrogens (tertiary/aromatic N) is 3. The molecule has 0 N–H and O–H groups in total. The van der Waals surface area contributed by atoms with Crippen molar-refractivity contribution in [3.8, 4) is 0 Å². The van der Waals surface area contributed by atoms with Gasteiger partial charge in [-0.05, 0) is 0 Å². The number of benzene rings is 2. The fourth-order valence-corrected chi connectivity index (χ4v) is 5.67. The Balaban J connectivity index is 1.47. The average molecular weight is 482 g/mol. The summed E-state index contributed by atoms with van der Waals surface area (Å²) in [6.45, 7) is 3.75. The van der Waals surface area contributed by atoms with Crippen LogP contribution in [0.5, 0.6) is 0 Å². The second-order valence-corrected chi connectivity index (χ2v) is 10.2. The summed E-state index contributed by atoms with van der Waals surface area (Å²) in [6, 6.07) is 12.9. The van der Waals surface area contributed by atoms with Crippen LogP contribution in [0.1, 0.15) is 41.5 Å². The summed E-state index contributed by atoms with van der Waals surface area (Å²) in [5.74, 6) is -0.897. The van der Waals surface area contributed by atoms with E-state index in [-0.39, 0.29) is 20.8 Å². The third kappa shape index (κ3) is 3.32. The van der Waals surface area contributed by atoms with Crippen molar-refractivity contribution in [3.63, 3.8) is 0 Å². The summed E-state index contributed by atoms with van der Waals surface area (Å²) in [5, 5.41) is 9.21.